The van der Waals surface area contributed by atoms with Gasteiger partial charge < -0.3 is 9.30 Å². The van der Waals surface area contributed by atoms with Crippen LogP contribution in [0.4, 0.5) is 0 Å². The third kappa shape index (κ3) is 2.62. The number of hydrogen-bond donors (Lipinski definition) is 0. The standard InChI is InChI=1S/C15H17NO2/c1-12-5-3-6-13(2)15(12)18-10-9-16-8-4-7-14(16)11-17/h3-8,11H,9-10H2,1-2H3. The molecule has 0 N–H and O–H groups in total. The third-order valence-electron chi connectivity index (χ3n) is 2.97. The Hall–Kier alpha value is -2.03. The van der Waals surface area contributed by atoms with Crippen molar-refractivity contribution in [2.75, 3.05) is 6.61 Å². The normalized spacial score (nSPS) is 10.3. The van der Waals surface area contributed by atoms with E-state index < -0.39 is 0 Å². The number of para-hydroxylation sites is 1. The fourth-order valence-corrected chi connectivity index (χ4v) is 2.01. The molecule has 0 radical (unpaired) electrons. The van der Waals surface area contributed by atoms with E-state index >= 15 is 0 Å². The maximum atomic E-state index is 10.8. The van der Waals surface area contributed by atoms with Gasteiger partial charge in [-0.1, -0.05) is 18.2 Å². The van der Waals surface area contributed by atoms with Gasteiger partial charge in [-0.15, -0.1) is 0 Å². The summed E-state index contributed by atoms with van der Waals surface area (Å²) in [5, 5.41) is 0. The molecule has 0 fully saturated rings. The number of carbonyl (C=O) groups is 1. The summed E-state index contributed by atoms with van der Waals surface area (Å²) in [6, 6.07) is 9.76. The zero-order chi connectivity index (χ0) is 13.0. The van der Waals surface area contributed by atoms with Crippen molar-refractivity contribution in [3.8, 4) is 5.75 Å². The van der Waals surface area contributed by atoms with Gasteiger partial charge in [0.1, 0.15) is 12.4 Å². The summed E-state index contributed by atoms with van der Waals surface area (Å²) < 4.78 is 7.69. The van der Waals surface area contributed by atoms with E-state index in [1.165, 1.54) is 0 Å². The molecule has 0 spiro atoms. The van der Waals surface area contributed by atoms with Gasteiger partial charge in [0, 0.05) is 6.20 Å². The molecule has 0 atom stereocenters. The number of carbonyl (C=O) groups excluding carboxylic acids is 1. The molecule has 1 heterocycles. The fraction of sp³-hybridized carbons (Fsp3) is 0.267. The summed E-state index contributed by atoms with van der Waals surface area (Å²) in [5.41, 5.74) is 2.95. The maximum Gasteiger partial charge on any atom is 0.166 e. The smallest absolute Gasteiger partial charge is 0.166 e. The van der Waals surface area contributed by atoms with Crippen molar-refractivity contribution < 1.29 is 9.53 Å². The number of rotatable bonds is 5. The molecule has 3 nitrogen and oxygen atoms in total. The highest BCUT2D eigenvalue weighted by Crippen LogP contribution is 2.22. The summed E-state index contributed by atoms with van der Waals surface area (Å²) in [6.45, 7) is 5.31. The van der Waals surface area contributed by atoms with Crippen LogP contribution in [0.15, 0.2) is 36.5 Å². The molecule has 1 aromatic carbocycles. The van der Waals surface area contributed by atoms with Crippen LogP contribution in [0.3, 0.4) is 0 Å². The second kappa shape index (κ2) is 5.54. The molecule has 0 saturated carbocycles. The Morgan fingerprint density at radius 3 is 2.56 bits per heavy atom. The zero-order valence-electron chi connectivity index (χ0n) is 10.7. The van der Waals surface area contributed by atoms with E-state index in [9.17, 15) is 4.79 Å². The van der Waals surface area contributed by atoms with Gasteiger partial charge in [0.25, 0.3) is 0 Å². The molecule has 0 aliphatic rings. The third-order valence-corrected chi connectivity index (χ3v) is 2.97. The summed E-state index contributed by atoms with van der Waals surface area (Å²) in [6.07, 6.45) is 2.75. The van der Waals surface area contributed by atoms with E-state index in [0.29, 0.717) is 18.8 Å². The lowest BCUT2D eigenvalue weighted by Crippen LogP contribution is -2.10. The lowest BCUT2D eigenvalue weighted by Gasteiger charge is -2.12. The maximum absolute atomic E-state index is 10.8. The van der Waals surface area contributed by atoms with Crippen LogP contribution in [-0.4, -0.2) is 17.5 Å². The Labute approximate surface area is 107 Å². The number of hydrogen-bond acceptors (Lipinski definition) is 2. The van der Waals surface area contributed by atoms with Crippen LogP contribution in [-0.2, 0) is 6.54 Å². The number of nitrogens with zero attached hydrogens (tertiary/aromatic N) is 1. The Balaban J connectivity index is 1.99. The number of aryl methyl sites for hydroxylation is 2. The SMILES string of the molecule is Cc1cccc(C)c1OCCn1cccc1C=O. The summed E-state index contributed by atoms with van der Waals surface area (Å²) in [5.74, 6) is 0.942. The molecule has 18 heavy (non-hydrogen) atoms. The minimum absolute atomic E-state index is 0.557. The van der Waals surface area contributed by atoms with E-state index in [2.05, 4.69) is 0 Å². The average molecular weight is 243 g/mol. The van der Waals surface area contributed by atoms with Crippen LogP contribution in [0.25, 0.3) is 0 Å². The summed E-state index contributed by atoms with van der Waals surface area (Å²) in [7, 11) is 0. The van der Waals surface area contributed by atoms with Gasteiger partial charge in [0.2, 0.25) is 0 Å². The minimum atomic E-state index is 0.557. The van der Waals surface area contributed by atoms with E-state index in [-0.39, 0.29) is 0 Å². The van der Waals surface area contributed by atoms with Crippen LogP contribution in [0.5, 0.6) is 5.75 Å². The summed E-state index contributed by atoms with van der Waals surface area (Å²) >= 11 is 0. The van der Waals surface area contributed by atoms with Crippen molar-refractivity contribution in [2.45, 2.75) is 20.4 Å². The first-order chi connectivity index (χ1) is 8.72. The summed E-state index contributed by atoms with van der Waals surface area (Å²) in [4.78, 5) is 10.8. The predicted molar refractivity (Wildman–Crippen MR) is 71.2 cm³/mol. The quantitative estimate of drug-likeness (QED) is 0.756. The van der Waals surface area contributed by atoms with E-state index in [4.69, 9.17) is 4.74 Å². The highest BCUT2D eigenvalue weighted by molar-refractivity contribution is 5.72. The largest absolute Gasteiger partial charge is 0.491 e. The molecule has 0 amide bonds. The van der Waals surface area contributed by atoms with E-state index in [1.807, 2.05) is 48.9 Å². The van der Waals surface area contributed by atoms with Gasteiger partial charge in [0.15, 0.2) is 6.29 Å². The molecule has 0 bridgehead atoms. The highest BCUT2D eigenvalue weighted by atomic mass is 16.5. The van der Waals surface area contributed by atoms with E-state index in [1.54, 1.807) is 6.07 Å². The molecule has 0 unspecified atom stereocenters. The van der Waals surface area contributed by atoms with Crippen LogP contribution in [0.1, 0.15) is 21.6 Å². The zero-order valence-corrected chi connectivity index (χ0v) is 10.7. The molecule has 2 rings (SSSR count). The molecule has 0 aliphatic carbocycles. The van der Waals surface area contributed by atoms with Crippen LogP contribution in [0.2, 0.25) is 0 Å². The molecule has 0 saturated heterocycles. The topological polar surface area (TPSA) is 31.2 Å². The van der Waals surface area contributed by atoms with Crippen molar-refractivity contribution in [3.63, 3.8) is 0 Å². The fourth-order valence-electron chi connectivity index (χ4n) is 2.01. The molecular weight excluding hydrogens is 226 g/mol. The number of ether oxygens (including phenoxy) is 1. The monoisotopic (exact) mass is 243 g/mol. The average Bonchev–Trinajstić information content (AvgIpc) is 2.80. The Kier molecular flexibility index (Phi) is 3.82. The number of aldehydes is 1. The van der Waals surface area contributed by atoms with Crippen LogP contribution < -0.4 is 4.74 Å². The number of benzene rings is 1. The molecule has 1 aromatic heterocycles. The Morgan fingerprint density at radius 2 is 1.89 bits per heavy atom. The second-order valence-corrected chi connectivity index (χ2v) is 4.31. The molecule has 0 aliphatic heterocycles. The van der Waals surface area contributed by atoms with Gasteiger partial charge in [-0.25, -0.2) is 0 Å². The van der Waals surface area contributed by atoms with Gasteiger partial charge in [-0.3, -0.25) is 4.79 Å². The van der Waals surface area contributed by atoms with E-state index in [0.717, 1.165) is 23.2 Å². The Bertz CT molecular complexity index is 523. The lowest BCUT2D eigenvalue weighted by atomic mass is 10.1. The van der Waals surface area contributed by atoms with Crippen molar-refractivity contribution in [1.82, 2.24) is 4.57 Å². The van der Waals surface area contributed by atoms with Crippen molar-refractivity contribution in [2.24, 2.45) is 0 Å². The Morgan fingerprint density at radius 1 is 1.17 bits per heavy atom. The first kappa shape index (κ1) is 12.4. The minimum Gasteiger partial charge on any atom is -0.491 e. The van der Waals surface area contributed by atoms with Crippen LogP contribution >= 0.6 is 0 Å². The van der Waals surface area contributed by atoms with Crippen molar-refractivity contribution in [1.29, 1.82) is 0 Å². The highest BCUT2D eigenvalue weighted by Gasteiger charge is 2.04. The first-order valence-corrected chi connectivity index (χ1v) is 6.01. The molecular formula is C15H17NO2. The lowest BCUT2D eigenvalue weighted by molar-refractivity contribution is 0.111. The van der Waals surface area contributed by atoms with Gasteiger partial charge in [-0.2, -0.15) is 0 Å². The molecule has 3 heteroatoms. The molecule has 94 valence electrons. The van der Waals surface area contributed by atoms with Crippen molar-refractivity contribution in [3.05, 3.63) is 53.3 Å². The first-order valence-electron chi connectivity index (χ1n) is 6.01. The van der Waals surface area contributed by atoms with Gasteiger partial charge in [0.05, 0.1) is 12.2 Å². The number of aromatic nitrogens is 1. The molecule has 2 aromatic rings. The van der Waals surface area contributed by atoms with Gasteiger partial charge >= 0.3 is 0 Å². The van der Waals surface area contributed by atoms with Gasteiger partial charge in [-0.05, 0) is 37.1 Å². The van der Waals surface area contributed by atoms with Crippen molar-refractivity contribution >= 4 is 6.29 Å². The predicted octanol–water partition coefficient (Wildman–Crippen LogP) is 3.00. The van der Waals surface area contributed by atoms with Crippen LogP contribution in [0, 0.1) is 13.8 Å². The second-order valence-electron chi connectivity index (χ2n) is 4.31.